The van der Waals surface area contributed by atoms with Gasteiger partial charge in [0.25, 0.3) is 5.91 Å². The maximum atomic E-state index is 13.5. The summed E-state index contributed by atoms with van der Waals surface area (Å²) in [6, 6.07) is 8.85. The molecule has 4 heterocycles. The zero-order chi connectivity index (χ0) is 25.8. The van der Waals surface area contributed by atoms with E-state index in [0.717, 1.165) is 61.3 Å². The fraction of sp³-hybridized carbons (Fsp3) is 0.552. The topological polar surface area (TPSA) is 93.4 Å². The number of aromatic amines is 2. The third kappa shape index (κ3) is 5.85. The Bertz CT molecular complexity index is 1110. The Morgan fingerprint density at radius 1 is 0.947 bits per heavy atom. The van der Waals surface area contributed by atoms with Crippen LogP contribution in [-0.2, 0) is 24.4 Å². The van der Waals surface area contributed by atoms with E-state index in [1.807, 2.05) is 29.4 Å². The molecule has 0 bridgehead atoms. The number of hydrogen-bond donors (Lipinski definition) is 2. The van der Waals surface area contributed by atoms with Gasteiger partial charge < -0.3 is 24.5 Å². The third-order valence-electron chi connectivity index (χ3n) is 8.55. The number of piperidine rings is 1. The van der Waals surface area contributed by atoms with Crippen LogP contribution < -0.4 is 0 Å². The second kappa shape index (κ2) is 11.4. The number of ether oxygens (including phenoxy) is 1. The molecular formula is C29H39N7O2. The summed E-state index contributed by atoms with van der Waals surface area (Å²) in [6.07, 6.45) is 14.7. The Kier molecular flexibility index (Phi) is 7.58. The molecule has 6 rings (SSSR count). The first-order valence-corrected chi connectivity index (χ1v) is 14.1. The van der Waals surface area contributed by atoms with Gasteiger partial charge in [0.05, 0.1) is 31.8 Å². The van der Waals surface area contributed by atoms with Gasteiger partial charge in [0.2, 0.25) is 0 Å². The van der Waals surface area contributed by atoms with E-state index >= 15 is 0 Å². The van der Waals surface area contributed by atoms with Crippen LogP contribution in [-0.4, -0.2) is 85.0 Å². The highest BCUT2D eigenvalue weighted by molar-refractivity contribution is 5.94. The van der Waals surface area contributed by atoms with Crippen molar-refractivity contribution in [2.45, 2.75) is 69.8 Å². The van der Waals surface area contributed by atoms with Crippen molar-refractivity contribution in [3.05, 3.63) is 71.8 Å². The standard InChI is InChI=1S/C29H39N7O2/c37-28(36-17-18-38-29(22-36)9-15-35(16-10-29)25-3-1-2-4-25)24-7-5-23(6-8-24)19-34(20-26-30-11-12-31-26)21-27-32-13-14-33-27/h5-8,11-14,25H,1-4,9-10,15-22H2,(H,30,31)(H,32,33). The van der Waals surface area contributed by atoms with Crippen LogP contribution in [0.3, 0.4) is 0 Å². The van der Waals surface area contributed by atoms with Crippen LogP contribution in [0.1, 0.15) is 66.1 Å². The average molecular weight is 518 g/mol. The van der Waals surface area contributed by atoms with Gasteiger partial charge in [-0.15, -0.1) is 0 Å². The van der Waals surface area contributed by atoms with Crippen molar-refractivity contribution in [2.75, 3.05) is 32.8 Å². The molecule has 0 unspecified atom stereocenters. The molecule has 1 saturated carbocycles. The summed E-state index contributed by atoms with van der Waals surface area (Å²) < 4.78 is 6.34. The lowest BCUT2D eigenvalue weighted by atomic mass is 9.88. The number of nitrogens with one attached hydrogen (secondary N) is 2. The van der Waals surface area contributed by atoms with Gasteiger partial charge in [-0.05, 0) is 43.4 Å². The first kappa shape index (κ1) is 25.3. The van der Waals surface area contributed by atoms with Crippen molar-refractivity contribution < 1.29 is 9.53 Å². The summed E-state index contributed by atoms with van der Waals surface area (Å²) in [7, 11) is 0. The third-order valence-corrected chi connectivity index (χ3v) is 8.55. The minimum atomic E-state index is -0.179. The van der Waals surface area contributed by atoms with E-state index in [1.54, 1.807) is 12.4 Å². The molecule has 9 nitrogen and oxygen atoms in total. The Balaban J connectivity index is 1.07. The van der Waals surface area contributed by atoms with Gasteiger partial charge in [-0.25, -0.2) is 9.97 Å². The van der Waals surface area contributed by atoms with Crippen molar-refractivity contribution in [3.63, 3.8) is 0 Å². The number of carbonyl (C=O) groups excluding carboxylic acids is 1. The van der Waals surface area contributed by atoms with E-state index in [4.69, 9.17) is 4.74 Å². The molecule has 0 atom stereocenters. The number of H-pyrrole nitrogens is 2. The summed E-state index contributed by atoms with van der Waals surface area (Å²) >= 11 is 0. The molecule has 0 radical (unpaired) electrons. The van der Waals surface area contributed by atoms with Crippen LogP contribution in [0.15, 0.2) is 49.1 Å². The van der Waals surface area contributed by atoms with Gasteiger partial charge in [0.1, 0.15) is 11.6 Å². The first-order valence-electron chi connectivity index (χ1n) is 14.1. The van der Waals surface area contributed by atoms with Crippen LogP contribution in [0.5, 0.6) is 0 Å². The lowest BCUT2D eigenvalue weighted by Crippen LogP contribution is -2.58. The molecule has 3 aromatic rings. The van der Waals surface area contributed by atoms with Gasteiger partial charge in [-0.3, -0.25) is 9.69 Å². The van der Waals surface area contributed by atoms with E-state index in [2.05, 4.69) is 41.9 Å². The van der Waals surface area contributed by atoms with Crippen molar-refractivity contribution in [2.24, 2.45) is 0 Å². The lowest BCUT2D eigenvalue weighted by Gasteiger charge is -2.48. The highest BCUT2D eigenvalue weighted by atomic mass is 16.5. The van der Waals surface area contributed by atoms with Gasteiger partial charge in [-0.1, -0.05) is 25.0 Å². The highest BCUT2D eigenvalue weighted by Gasteiger charge is 2.42. The monoisotopic (exact) mass is 517 g/mol. The van der Waals surface area contributed by atoms with E-state index < -0.39 is 0 Å². The fourth-order valence-corrected chi connectivity index (χ4v) is 6.44. The number of nitrogens with zero attached hydrogens (tertiary/aromatic N) is 5. The molecule has 2 aromatic heterocycles. The number of imidazole rings is 2. The fourth-order valence-electron chi connectivity index (χ4n) is 6.44. The minimum Gasteiger partial charge on any atom is -0.371 e. The van der Waals surface area contributed by atoms with Crippen LogP contribution in [0.25, 0.3) is 0 Å². The average Bonchev–Trinajstić information content (AvgIpc) is 3.74. The van der Waals surface area contributed by atoms with E-state index in [-0.39, 0.29) is 11.5 Å². The summed E-state index contributed by atoms with van der Waals surface area (Å²) in [5.41, 5.74) is 1.72. The van der Waals surface area contributed by atoms with Gasteiger partial charge in [0.15, 0.2) is 0 Å². The Hall–Kier alpha value is -3.01. The van der Waals surface area contributed by atoms with Crippen molar-refractivity contribution >= 4 is 5.91 Å². The molecule has 9 heteroatoms. The smallest absolute Gasteiger partial charge is 0.254 e. The van der Waals surface area contributed by atoms with Crippen molar-refractivity contribution in [1.29, 1.82) is 0 Å². The second-order valence-electron chi connectivity index (χ2n) is 11.1. The maximum absolute atomic E-state index is 13.5. The molecular weight excluding hydrogens is 478 g/mol. The van der Waals surface area contributed by atoms with Crippen LogP contribution >= 0.6 is 0 Å². The molecule has 2 aliphatic heterocycles. The first-order chi connectivity index (χ1) is 18.7. The molecule has 1 spiro atoms. The highest BCUT2D eigenvalue weighted by Crippen LogP contribution is 2.34. The van der Waals surface area contributed by atoms with Gasteiger partial charge >= 0.3 is 0 Å². The number of benzene rings is 1. The number of rotatable bonds is 8. The maximum Gasteiger partial charge on any atom is 0.254 e. The number of likely N-dealkylation sites (tertiary alicyclic amines) is 1. The predicted octanol–water partition coefficient (Wildman–Crippen LogP) is 3.58. The Labute approximate surface area is 224 Å². The van der Waals surface area contributed by atoms with Crippen molar-refractivity contribution in [3.8, 4) is 0 Å². The molecule has 1 amide bonds. The van der Waals surface area contributed by atoms with Gasteiger partial charge in [0, 0.05) is 62.6 Å². The minimum absolute atomic E-state index is 0.112. The largest absolute Gasteiger partial charge is 0.371 e. The number of amides is 1. The van der Waals surface area contributed by atoms with E-state index in [0.29, 0.717) is 32.8 Å². The molecule has 2 saturated heterocycles. The lowest BCUT2D eigenvalue weighted by molar-refractivity contribution is -0.130. The number of carbonyl (C=O) groups is 1. The Morgan fingerprint density at radius 3 is 2.21 bits per heavy atom. The van der Waals surface area contributed by atoms with E-state index in [1.165, 1.54) is 25.7 Å². The van der Waals surface area contributed by atoms with Crippen LogP contribution in [0, 0.1) is 0 Å². The molecule has 1 aliphatic carbocycles. The summed E-state index contributed by atoms with van der Waals surface area (Å²) in [4.78, 5) is 35.6. The molecule has 2 N–H and O–H groups in total. The summed E-state index contributed by atoms with van der Waals surface area (Å²) in [5.74, 6) is 1.94. The SMILES string of the molecule is O=C(c1ccc(CN(Cc2ncc[nH]2)Cc2ncc[nH]2)cc1)N1CCOC2(CCN(C3CCCC3)CC2)C1. The van der Waals surface area contributed by atoms with Crippen LogP contribution in [0.2, 0.25) is 0 Å². The Morgan fingerprint density at radius 2 is 1.61 bits per heavy atom. The zero-order valence-corrected chi connectivity index (χ0v) is 22.1. The number of hydrogen-bond acceptors (Lipinski definition) is 6. The quantitative estimate of drug-likeness (QED) is 0.475. The van der Waals surface area contributed by atoms with E-state index in [9.17, 15) is 4.79 Å². The molecule has 202 valence electrons. The van der Waals surface area contributed by atoms with Gasteiger partial charge in [-0.2, -0.15) is 0 Å². The van der Waals surface area contributed by atoms with Crippen molar-refractivity contribution in [1.82, 2.24) is 34.6 Å². The molecule has 38 heavy (non-hydrogen) atoms. The number of aromatic nitrogens is 4. The second-order valence-corrected chi connectivity index (χ2v) is 11.1. The van der Waals surface area contributed by atoms with Crippen LogP contribution in [0.4, 0.5) is 0 Å². The molecule has 1 aromatic carbocycles. The molecule has 3 aliphatic rings. The predicted molar refractivity (Wildman–Crippen MR) is 144 cm³/mol. The summed E-state index contributed by atoms with van der Waals surface area (Å²) in [5, 5.41) is 0. The number of morpholine rings is 1. The zero-order valence-electron chi connectivity index (χ0n) is 22.1. The normalized spacial score (nSPS) is 20.5. The summed E-state index contributed by atoms with van der Waals surface area (Å²) in [6.45, 7) is 6.27. The molecule has 3 fully saturated rings.